The Morgan fingerprint density at radius 1 is 1.19 bits per heavy atom. The summed E-state index contributed by atoms with van der Waals surface area (Å²) in [5, 5.41) is 4.36. The number of amides is 1. The second-order valence-corrected chi connectivity index (χ2v) is 8.07. The highest BCUT2D eigenvalue weighted by molar-refractivity contribution is 5.92. The SMILES string of the molecule is Cc1cc(C(=O)N2CC[C@H](C3CCN(Cc4cccnc4)CC3)C2)nn1C. The van der Waals surface area contributed by atoms with Gasteiger partial charge in [0, 0.05) is 44.8 Å². The van der Waals surface area contributed by atoms with Crippen LogP contribution in [-0.4, -0.2) is 56.7 Å². The fraction of sp³-hybridized carbons (Fsp3) is 0.571. The molecule has 6 heteroatoms. The third-order valence-corrected chi connectivity index (χ3v) is 6.27. The summed E-state index contributed by atoms with van der Waals surface area (Å²) in [7, 11) is 1.89. The van der Waals surface area contributed by atoms with Crippen LogP contribution in [0.5, 0.6) is 0 Å². The van der Waals surface area contributed by atoms with Crippen molar-refractivity contribution in [3.63, 3.8) is 0 Å². The van der Waals surface area contributed by atoms with Gasteiger partial charge in [-0.3, -0.25) is 19.4 Å². The van der Waals surface area contributed by atoms with Gasteiger partial charge in [0.05, 0.1) is 0 Å². The van der Waals surface area contributed by atoms with Crippen LogP contribution in [0.2, 0.25) is 0 Å². The molecule has 0 unspecified atom stereocenters. The van der Waals surface area contributed by atoms with Crippen molar-refractivity contribution in [3.8, 4) is 0 Å². The molecule has 2 fully saturated rings. The Bertz CT molecular complexity index is 760. The molecule has 2 aliphatic heterocycles. The number of nitrogens with zero attached hydrogens (tertiary/aromatic N) is 5. The first-order valence-electron chi connectivity index (χ1n) is 10.0. The fourth-order valence-corrected chi connectivity index (χ4v) is 4.52. The van der Waals surface area contributed by atoms with Crippen LogP contribution in [0, 0.1) is 18.8 Å². The molecule has 2 saturated heterocycles. The molecule has 2 aromatic heterocycles. The number of likely N-dealkylation sites (tertiary alicyclic amines) is 2. The van der Waals surface area contributed by atoms with Crippen molar-refractivity contribution in [3.05, 3.63) is 47.5 Å². The van der Waals surface area contributed by atoms with E-state index in [4.69, 9.17) is 0 Å². The number of pyridine rings is 1. The van der Waals surface area contributed by atoms with E-state index < -0.39 is 0 Å². The van der Waals surface area contributed by atoms with Gasteiger partial charge in [0.25, 0.3) is 5.91 Å². The van der Waals surface area contributed by atoms with Crippen molar-refractivity contribution in [2.45, 2.75) is 32.7 Å². The van der Waals surface area contributed by atoms with Crippen LogP contribution < -0.4 is 0 Å². The largest absolute Gasteiger partial charge is 0.337 e. The Labute approximate surface area is 161 Å². The quantitative estimate of drug-likeness (QED) is 0.833. The van der Waals surface area contributed by atoms with E-state index in [-0.39, 0.29) is 5.91 Å². The van der Waals surface area contributed by atoms with E-state index in [2.05, 4.69) is 21.0 Å². The van der Waals surface area contributed by atoms with Crippen molar-refractivity contribution in [1.29, 1.82) is 0 Å². The van der Waals surface area contributed by atoms with E-state index in [1.807, 2.05) is 43.4 Å². The zero-order valence-corrected chi connectivity index (χ0v) is 16.3. The molecule has 27 heavy (non-hydrogen) atoms. The smallest absolute Gasteiger partial charge is 0.274 e. The summed E-state index contributed by atoms with van der Waals surface area (Å²) in [6.45, 7) is 7.02. The minimum Gasteiger partial charge on any atom is -0.337 e. The van der Waals surface area contributed by atoms with E-state index in [0.29, 0.717) is 11.6 Å². The van der Waals surface area contributed by atoms with E-state index in [0.717, 1.165) is 50.8 Å². The molecule has 0 N–H and O–H groups in total. The summed E-state index contributed by atoms with van der Waals surface area (Å²) in [6.07, 6.45) is 7.39. The standard InChI is InChI=1S/C21H29N5O/c1-16-12-20(23-24(16)2)21(27)26-11-7-19(15-26)18-5-9-25(10-6-18)14-17-4-3-8-22-13-17/h3-4,8,12-13,18-19H,5-7,9-11,14-15H2,1-2H3/t19-/m0/s1. The van der Waals surface area contributed by atoms with Gasteiger partial charge in [0.2, 0.25) is 0 Å². The van der Waals surface area contributed by atoms with Gasteiger partial charge in [0.1, 0.15) is 0 Å². The predicted octanol–water partition coefficient (Wildman–Crippen LogP) is 2.50. The molecule has 4 rings (SSSR count). The van der Waals surface area contributed by atoms with Gasteiger partial charge in [-0.05, 0) is 68.8 Å². The van der Waals surface area contributed by atoms with E-state index in [1.54, 1.807) is 4.68 Å². The van der Waals surface area contributed by atoms with Crippen LogP contribution in [-0.2, 0) is 13.6 Å². The third kappa shape index (κ3) is 4.05. The highest BCUT2D eigenvalue weighted by Gasteiger charge is 2.34. The first-order chi connectivity index (χ1) is 13.1. The second kappa shape index (κ2) is 7.80. The Hall–Kier alpha value is -2.21. The molecule has 0 aliphatic carbocycles. The number of hydrogen-bond acceptors (Lipinski definition) is 4. The molecule has 1 atom stereocenters. The first kappa shape index (κ1) is 18.2. The number of carbonyl (C=O) groups excluding carboxylic acids is 1. The zero-order valence-electron chi connectivity index (χ0n) is 16.3. The molecule has 0 saturated carbocycles. The maximum absolute atomic E-state index is 12.7. The number of hydrogen-bond donors (Lipinski definition) is 0. The summed E-state index contributed by atoms with van der Waals surface area (Å²) in [5.74, 6) is 1.47. The van der Waals surface area contributed by atoms with Crippen molar-refractivity contribution in [1.82, 2.24) is 24.6 Å². The van der Waals surface area contributed by atoms with Crippen molar-refractivity contribution in [2.24, 2.45) is 18.9 Å². The highest BCUT2D eigenvalue weighted by atomic mass is 16.2. The predicted molar refractivity (Wildman–Crippen MR) is 104 cm³/mol. The van der Waals surface area contributed by atoms with Gasteiger partial charge in [-0.15, -0.1) is 0 Å². The molecule has 2 aliphatic rings. The molecule has 144 valence electrons. The first-order valence-corrected chi connectivity index (χ1v) is 10.0. The van der Waals surface area contributed by atoms with Crippen LogP contribution in [0.15, 0.2) is 30.6 Å². The molecular formula is C21H29N5O. The van der Waals surface area contributed by atoms with Gasteiger partial charge in [-0.25, -0.2) is 0 Å². The van der Waals surface area contributed by atoms with Gasteiger partial charge in [0.15, 0.2) is 5.69 Å². The number of piperidine rings is 1. The highest BCUT2D eigenvalue weighted by Crippen LogP contribution is 2.32. The summed E-state index contributed by atoms with van der Waals surface area (Å²) < 4.78 is 1.78. The summed E-state index contributed by atoms with van der Waals surface area (Å²) in [5.41, 5.74) is 2.90. The van der Waals surface area contributed by atoms with Gasteiger partial charge in [-0.2, -0.15) is 5.10 Å². The Kier molecular flexibility index (Phi) is 5.25. The normalized spacial score (nSPS) is 21.7. The average molecular weight is 367 g/mol. The minimum atomic E-state index is 0.0928. The summed E-state index contributed by atoms with van der Waals surface area (Å²) >= 11 is 0. The molecule has 0 bridgehead atoms. The molecule has 0 radical (unpaired) electrons. The number of carbonyl (C=O) groups is 1. The Balaban J connectivity index is 1.28. The van der Waals surface area contributed by atoms with Crippen molar-refractivity contribution >= 4 is 5.91 Å². The lowest BCUT2D eigenvalue weighted by molar-refractivity contribution is 0.0766. The molecule has 0 aromatic carbocycles. The monoisotopic (exact) mass is 367 g/mol. The molecular weight excluding hydrogens is 338 g/mol. The van der Waals surface area contributed by atoms with Crippen LogP contribution in [0.1, 0.15) is 41.0 Å². The van der Waals surface area contributed by atoms with Gasteiger partial charge >= 0.3 is 0 Å². The van der Waals surface area contributed by atoms with E-state index >= 15 is 0 Å². The van der Waals surface area contributed by atoms with E-state index in [9.17, 15) is 4.79 Å². The van der Waals surface area contributed by atoms with Crippen LogP contribution >= 0.6 is 0 Å². The Morgan fingerprint density at radius 2 is 1.96 bits per heavy atom. The van der Waals surface area contributed by atoms with Gasteiger partial charge < -0.3 is 4.90 Å². The third-order valence-electron chi connectivity index (χ3n) is 6.27. The van der Waals surface area contributed by atoms with Crippen LogP contribution in [0.4, 0.5) is 0 Å². The molecule has 1 amide bonds. The average Bonchev–Trinajstić information content (AvgIpc) is 3.30. The maximum atomic E-state index is 12.7. The molecule has 4 heterocycles. The minimum absolute atomic E-state index is 0.0928. The molecule has 0 spiro atoms. The molecule has 2 aromatic rings. The lowest BCUT2D eigenvalue weighted by atomic mass is 9.83. The van der Waals surface area contributed by atoms with Crippen molar-refractivity contribution < 1.29 is 4.79 Å². The topological polar surface area (TPSA) is 54.3 Å². The lowest BCUT2D eigenvalue weighted by Crippen LogP contribution is -2.37. The van der Waals surface area contributed by atoms with Gasteiger partial charge in [-0.1, -0.05) is 6.07 Å². The zero-order chi connectivity index (χ0) is 18.8. The number of rotatable bonds is 4. The number of aromatic nitrogens is 3. The van der Waals surface area contributed by atoms with Crippen molar-refractivity contribution in [2.75, 3.05) is 26.2 Å². The molecule has 6 nitrogen and oxygen atoms in total. The maximum Gasteiger partial charge on any atom is 0.274 e. The Morgan fingerprint density at radius 3 is 2.63 bits per heavy atom. The summed E-state index contributed by atoms with van der Waals surface area (Å²) in [4.78, 5) is 21.5. The van der Waals surface area contributed by atoms with Crippen LogP contribution in [0.3, 0.4) is 0 Å². The summed E-state index contributed by atoms with van der Waals surface area (Å²) in [6, 6.07) is 6.06. The lowest BCUT2D eigenvalue weighted by Gasteiger charge is -2.34. The van der Waals surface area contributed by atoms with Crippen LogP contribution in [0.25, 0.3) is 0 Å². The van der Waals surface area contributed by atoms with E-state index in [1.165, 1.54) is 18.4 Å². The number of aryl methyl sites for hydroxylation is 2. The fourth-order valence-electron chi connectivity index (χ4n) is 4.52. The second-order valence-electron chi connectivity index (χ2n) is 8.07.